The normalized spacial score (nSPS) is 10.8. The number of nitrogens with one attached hydrogen (secondary N) is 1. The lowest BCUT2D eigenvalue weighted by Crippen LogP contribution is -2.05. The van der Waals surface area contributed by atoms with E-state index in [1.165, 1.54) is 15.4 Å². The van der Waals surface area contributed by atoms with E-state index < -0.39 is 0 Å². The van der Waals surface area contributed by atoms with E-state index in [0.717, 1.165) is 18.0 Å². The molecule has 1 N–H and O–H groups in total. The van der Waals surface area contributed by atoms with Crippen molar-refractivity contribution in [2.24, 2.45) is 0 Å². The van der Waals surface area contributed by atoms with Gasteiger partial charge < -0.3 is 5.32 Å². The molecule has 0 aliphatic heterocycles. The fourth-order valence-corrected chi connectivity index (χ4v) is 3.42. The fourth-order valence-electron chi connectivity index (χ4n) is 1.46. The summed E-state index contributed by atoms with van der Waals surface area (Å²) in [4.78, 5) is 7.32. The van der Waals surface area contributed by atoms with Crippen LogP contribution < -0.4 is 5.32 Å². The van der Waals surface area contributed by atoms with Crippen molar-refractivity contribution in [1.82, 2.24) is 10.3 Å². The molecular formula is C11H14N2S2. The monoisotopic (exact) mass is 238 g/mol. The first-order valence-electron chi connectivity index (χ1n) is 5.02. The molecule has 0 aliphatic carbocycles. The predicted octanol–water partition coefficient (Wildman–Crippen LogP) is 3.15. The van der Waals surface area contributed by atoms with Crippen LogP contribution in [0.1, 0.15) is 17.5 Å². The molecule has 0 atom stereocenters. The number of aryl methyl sites for hydroxylation is 1. The number of hydrogen-bond donors (Lipinski definition) is 1. The zero-order chi connectivity index (χ0) is 10.7. The standard InChI is InChI=1S/C11H14N2S2/c1-3-8-10(7-12-2)15-11(13-8)9-5-4-6-14-9/h4-6,12H,3,7H2,1-2H3. The summed E-state index contributed by atoms with van der Waals surface area (Å²) in [6, 6.07) is 4.21. The molecule has 0 bridgehead atoms. The summed E-state index contributed by atoms with van der Waals surface area (Å²) in [5.41, 5.74) is 1.23. The van der Waals surface area contributed by atoms with Gasteiger partial charge in [-0.1, -0.05) is 13.0 Å². The van der Waals surface area contributed by atoms with E-state index in [1.807, 2.05) is 7.05 Å². The lowest BCUT2D eigenvalue weighted by atomic mass is 10.3. The summed E-state index contributed by atoms with van der Waals surface area (Å²) in [7, 11) is 1.98. The van der Waals surface area contributed by atoms with Crippen molar-refractivity contribution >= 4 is 22.7 Å². The van der Waals surface area contributed by atoms with Crippen molar-refractivity contribution in [3.05, 3.63) is 28.1 Å². The summed E-state index contributed by atoms with van der Waals surface area (Å²) < 4.78 is 0. The summed E-state index contributed by atoms with van der Waals surface area (Å²) in [5.74, 6) is 0. The van der Waals surface area contributed by atoms with Gasteiger partial charge in [-0.2, -0.15) is 0 Å². The van der Waals surface area contributed by atoms with Crippen LogP contribution in [-0.2, 0) is 13.0 Å². The molecule has 15 heavy (non-hydrogen) atoms. The molecule has 80 valence electrons. The van der Waals surface area contributed by atoms with Crippen molar-refractivity contribution < 1.29 is 0 Å². The molecule has 2 heterocycles. The van der Waals surface area contributed by atoms with Crippen LogP contribution in [0.15, 0.2) is 17.5 Å². The number of hydrogen-bond acceptors (Lipinski definition) is 4. The number of aromatic nitrogens is 1. The van der Waals surface area contributed by atoms with E-state index in [9.17, 15) is 0 Å². The van der Waals surface area contributed by atoms with Gasteiger partial charge in [-0.15, -0.1) is 22.7 Å². The minimum atomic E-state index is 0.923. The maximum Gasteiger partial charge on any atom is 0.133 e. The van der Waals surface area contributed by atoms with Crippen LogP contribution in [0.5, 0.6) is 0 Å². The van der Waals surface area contributed by atoms with Gasteiger partial charge in [0.05, 0.1) is 10.6 Å². The molecule has 4 heteroatoms. The second-order valence-electron chi connectivity index (χ2n) is 3.25. The molecule has 2 rings (SSSR count). The molecule has 0 saturated heterocycles. The highest BCUT2D eigenvalue weighted by molar-refractivity contribution is 7.21. The van der Waals surface area contributed by atoms with Crippen LogP contribution in [-0.4, -0.2) is 12.0 Å². The summed E-state index contributed by atoms with van der Waals surface area (Å²) in [6.07, 6.45) is 1.01. The molecule has 0 radical (unpaired) electrons. The highest BCUT2D eigenvalue weighted by Gasteiger charge is 2.10. The number of thiophene rings is 1. The quantitative estimate of drug-likeness (QED) is 0.885. The van der Waals surface area contributed by atoms with E-state index in [-0.39, 0.29) is 0 Å². The topological polar surface area (TPSA) is 24.9 Å². The highest BCUT2D eigenvalue weighted by atomic mass is 32.1. The van der Waals surface area contributed by atoms with Crippen LogP contribution in [0.25, 0.3) is 9.88 Å². The maximum absolute atomic E-state index is 4.68. The van der Waals surface area contributed by atoms with Crippen molar-refractivity contribution in [1.29, 1.82) is 0 Å². The molecular weight excluding hydrogens is 224 g/mol. The van der Waals surface area contributed by atoms with Crippen LogP contribution in [0.4, 0.5) is 0 Å². The van der Waals surface area contributed by atoms with E-state index >= 15 is 0 Å². The molecule has 2 aromatic rings. The van der Waals surface area contributed by atoms with E-state index in [4.69, 9.17) is 0 Å². The summed E-state index contributed by atoms with van der Waals surface area (Å²) in [6.45, 7) is 3.08. The van der Waals surface area contributed by atoms with Crippen molar-refractivity contribution in [3.8, 4) is 9.88 Å². The zero-order valence-electron chi connectivity index (χ0n) is 8.91. The second kappa shape index (κ2) is 4.88. The third kappa shape index (κ3) is 2.27. The Morgan fingerprint density at radius 3 is 2.93 bits per heavy atom. The first kappa shape index (κ1) is 10.8. The number of thiazole rings is 1. The smallest absolute Gasteiger partial charge is 0.133 e. The van der Waals surface area contributed by atoms with Crippen molar-refractivity contribution in [3.63, 3.8) is 0 Å². The largest absolute Gasteiger partial charge is 0.315 e. The lowest BCUT2D eigenvalue weighted by Gasteiger charge is -1.96. The lowest BCUT2D eigenvalue weighted by molar-refractivity contribution is 0.815. The van der Waals surface area contributed by atoms with Crippen LogP contribution in [0.2, 0.25) is 0 Å². The first-order chi connectivity index (χ1) is 7.35. The first-order valence-corrected chi connectivity index (χ1v) is 6.71. The summed E-state index contributed by atoms with van der Waals surface area (Å²) in [5, 5.41) is 6.45. The maximum atomic E-state index is 4.68. The highest BCUT2D eigenvalue weighted by Crippen LogP contribution is 2.31. The Kier molecular flexibility index (Phi) is 3.51. The molecule has 0 aromatic carbocycles. The van der Waals surface area contributed by atoms with Gasteiger partial charge in [0.1, 0.15) is 5.01 Å². The second-order valence-corrected chi connectivity index (χ2v) is 5.28. The average Bonchev–Trinajstić information content (AvgIpc) is 2.84. The molecule has 0 amide bonds. The van der Waals surface area contributed by atoms with E-state index in [0.29, 0.717) is 0 Å². The SMILES string of the molecule is CCc1nc(-c2cccs2)sc1CNC. The Morgan fingerprint density at radius 1 is 1.47 bits per heavy atom. The van der Waals surface area contributed by atoms with Gasteiger partial charge in [0.2, 0.25) is 0 Å². The van der Waals surface area contributed by atoms with Crippen LogP contribution >= 0.6 is 22.7 Å². The molecule has 0 spiro atoms. The predicted molar refractivity (Wildman–Crippen MR) is 67.6 cm³/mol. The third-order valence-corrected chi connectivity index (χ3v) is 4.32. The Balaban J connectivity index is 2.34. The fraction of sp³-hybridized carbons (Fsp3) is 0.364. The van der Waals surface area contributed by atoms with Gasteiger partial charge in [-0.3, -0.25) is 0 Å². The van der Waals surface area contributed by atoms with Gasteiger partial charge >= 0.3 is 0 Å². The summed E-state index contributed by atoms with van der Waals surface area (Å²) >= 11 is 3.56. The Labute approximate surface area is 98.0 Å². The van der Waals surface area contributed by atoms with Crippen LogP contribution in [0.3, 0.4) is 0 Å². The Bertz CT molecular complexity index is 418. The molecule has 2 nitrogen and oxygen atoms in total. The average molecular weight is 238 g/mol. The van der Waals surface area contributed by atoms with Gasteiger partial charge in [-0.05, 0) is 24.9 Å². The van der Waals surface area contributed by atoms with Gasteiger partial charge in [-0.25, -0.2) is 4.98 Å². The molecule has 0 saturated carbocycles. The van der Waals surface area contributed by atoms with Gasteiger partial charge in [0.15, 0.2) is 0 Å². The number of nitrogens with zero attached hydrogens (tertiary/aromatic N) is 1. The van der Waals surface area contributed by atoms with E-state index in [1.54, 1.807) is 22.7 Å². The molecule has 0 fully saturated rings. The van der Waals surface area contributed by atoms with Crippen molar-refractivity contribution in [2.45, 2.75) is 19.9 Å². The molecule has 0 unspecified atom stereocenters. The molecule has 2 aromatic heterocycles. The minimum absolute atomic E-state index is 0.923. The van der Waals surface area contributed by atoms with Crippen LogP contribution in [0, 0.1) is 0 Å². The van der Waals surface area contributed by atoms with Gasteiger partial charge in [0, 0.05) is 11.4 Å². The third-order valence-electron chi connectivity index (χ3n) is 2.18. The number of rotatable bonds is 4. The Hall–Kier alpha value is -0.710. The molecule has 0 aliphatic rings. The minimum Gasteiger partial charge on any atom is -0.315 e. The van der Waals surface area contributed by atoms with Crippen molar-refractivity contribution in [2.75, 3.05) is 7.05 Å². The Morgan fingerprint density at radius 2 is 2.33 bits per heavy atom. The zero-order valence-corrected chi connectivity index (χ0v) is 10.5. The van der Waals surface area contributed by atoms with Gasteiger partial charge in [0.25, 0.3) is 0 Å². The van der Waals surface area contributed by atoms with E-state index in [2.05, 4.69) is 34.7 Å².